The third kappa shape index (κ3) is 9.03. The lowest BCUT2D eigenvalue weighted by atomic mass is 10.0. The van der Waals surface area contributed by atoms with E-state index in [4.69, 9.17) is 17.2 Å². The van der Waals surface area contributed by atoms with E-state index in [2.05, 4.69) is 10.6 Å². The summed E-state index contributed by atoms with van der Waals surface area (Å²) < 4.78 is 0. The second kappa shape index (κ2) is 13.9. The lowest BCUT2D eigenvalue weighted by Gasteiger charge is -2.28. The lowest BCUT2D eigenvalue weighted by Crippen LogP contribution is -2.57. The number of nitrogens with zero attached hydrogens (tertiary/aromatic N) is 1. The maximum Gasteiger partial charge on any atom is 0.326 e. The van der Waals surface area contributed by atoms with Gasteiger partial charge in [0.25, 0.3) is 0 Å². The van der Waals surface area contributed by atoms with Gasteiger partial charge < -0.3 is 42.9 Å². The third-order valence-corrected chi connectivity index (χ3v) is 6.15. The zero-order valence-corrected chi connectivity index (χ0v) is 20.8. The van der Waals surface area contributed by atoms with Gasteiger partial charge in [0, 0.05) is 19.4 Å². The number of carboxylic acid groups (broad SMARTS) is 1. The second-order valence-corrected chi connectivity index (χ2v) is 9.14. The summed E-state index contributed by atoms with van der Waals surface area (Å²) in [6, 6.07) is 1.54. The molecule has 1 aliphatic rings. The zero-order chi connectivity index (χ0) is 28.4. The summed E-state index contributed by atoms with van der Waals surface area (Å²) in [5.41, 5.74) is 17.1. The summed E-state index contributed by atoms with van der Waals surface area (Å²) in [6.07, 6.45) is -0.0459. The monoisotopic (exact) mass is 534 g/mol. The molecule has 1 aliphatic heterocycles. The van der Waals surface area contributed by atoms with E-state index in [0.29, 0.717) is 12.8 Å². The van der Waals surface area contributed by atoms with Crippen LogP contribution in [0.2, 0.25) is 0 Å². The minimum absolute atomic E-state index is 0.0717. The summed E-state index contributed by atoms with van der Waals surface area (Å²) >= 11 is 0. The topological polar surface area (TPSA) is 248 Å². The largest absolute Gasteiger partial charge is 0.508 e. The van der Waals surface area contributed by atoms with Crippen molar-refractivity contribution < 1.29 is 39.0 Å². The summed E-state index contributed by atoms with van der Waals surface area (Å²) in [6.45, 7) is 0.270. The maximum absolute atomic E-state index is 13.1. The predicted octanol–water partition coefficient (Wildman–Crippen LogP) is -2.16. The molecule has 5 amide bonds. The van der Waals surface area contributed by atoms with E-state index in [1.54, 1.807) is 12.1 Å². The van der Waals surface area contributed by atoms with Crippen molar-refractivity contribution in [2.24, 2.45) is 17.2 Å². The number of hydrogen-bond acceptors (Lipinski definition) is 8. The van der Waals surface area contributed by atoms with E-state index >= 15 is 0 Å². The van der Waals surface area contributed by atoms with Crippen LogP contribution >= 0.6 is 0 Å². The molecule has 1 aromatic rings. The fraction of sp³-hybridized carbons (Fsp3) is 0.500. The molecule has 208 valence electrons. The number of primary amides is 2. The van der Waals surface area contributed by atoms with Gasteiger partial charge in [-0.25, -0.2) is 4.79 Å². The van der Waals surface area contributed by atoms with Crippen molar-refractivity contribution in [1.29, 1.82) is 0 Å². The van der Waals surface area contributed by atoms with Crippen molar-refractivity contribution in [2.75, 3.05) is 6.54 Å². The van der Waals surface area contributed by atoms with Gasteiger partial charge in [-0.2, -0.15) is 0 Å². The smallest absolute Gasteiger partial charge is 0.326 e. The molecule has 1 saturated heterocycles. The number of phenolic OH excluding ortho intramolecular Hbond substituents is 1. The summed E-state index contributed by atoms with van der Waals surface area (Å²) in [5.74, 6) is -4.85. The first-order valence-corrected chi connectivity index (χ1v) is 12.1. The number of nitrogens with one attached hydrogen (secondary N) is 2. The number of aliphatic carboxylic acids is 1. The number of phenols is 1. The molecule has 0 spiro atoms. The van der Waals surface area contributed by atoms with Crippen molar-refractivity contribution in [3.05, 3.63) is 29.8 Å². The predicted molar refractivity (Wildman–Crippen MR) is 133 cm³/mol. The van der Waals surface area contributed by atoms with E-state index in [1.807, 2.05) is 0 Å². The molecule has 0 aromatic heterocycles. The van der Waals surface area contributed by atoms with Crippen molar-refractivity contribution in [3.8, 4) is 5.75 Å². The highest BCUT2D eigenvalue weighted by atomic mass is 16.4. The fourth-order valence-electron chi connectivity index (χ4n) is 4.13. The van der Waals surface area contributed by atoms with Gasteiger partial charge in [0.2, 0.25) is 29.5 Å². The van der Waals surface area contributed by atoms with Crippen molar-refractivity contribution in [2.45, 2.75) is 69.1 Å². The highest BCUT2D eigenvalue weighted by Crippen LogP contribution is 2.20. The number of amides is 5. The normalized spacial score (nSPS) is 17.2. The standard InChI is InChI=1S/C24H34N6O8/c25-15(12-13-3-5-14(31)6-4-13)23(36)30-11-1-2-18(30)22(35)28-16(7-9-19(26)32)21(34)29-17(24(37)38)8-10-20(27)33/h3-6,15-18,31H,1-2,7-12,25H2,(H2,26,32)(H2,27,33)(H,28,35)(H,29,34)(H,37,38). The Morgan fingerprint density at radius 1 is 0.947 bits per heavy atom. The quantitative estimate of drug-likeness (QED) is 0.137. The highest BCUT2D eigenvalue weighted by molar-refractivity contribution is 5.94. The molecule has 1 aromatic carbocycles. The number of benzene rings is 1. The van der Waals surface area contributed by atoms with Crippen molar-refractivity contribution in [1.82, 2.24) is 15.5 Å². The van der Waals surface area contributed by atoms with Crippen molar-refractivity contribution in [3.63, 3.8) is 0 Å². The first-order chi connectivity index (χ1) is 17.9. The Hall–Kier alpha value is -4.20. The van der Waals surface area contributed by atoms with Crippen LogP contribution < -0.4 is 27.8 Å². The SMILES string of the molecule is NC(=O)CCC(NC(=O)C(CCC(N)=O)NC(=O)C1CCCN1C(=O)C(N)Cc1ccc(O)cc1)C(=O)O. The third-order valence-electron chi connectivity index (χ3n) is 6.15. The number of carbonyl (C=O) groups excluding carboxylic acids is 5. The first kappa shape index (κ1) is 30.0. The Morgan fingerprint density at radius 3 is 2.08 bits per heavy atom. The van der Waals surface area contributed by atoms with Gasteiger partial charge in [0.15, 0.2) is 0 Å². The van der Waals surface area contributed by atoms with E-state index in [1.165, 1.54) is 17.0 Å². The fourth-order valence-corrected chi connectivity index (χ4v) is 4.13. The first-order valence-electron chi connectivity index (χ1n) is 12.1. The molecule has 4 unspecified atom stereocenters. The zero-order valence-electron chi connectivity index (χ0n) is 20.8. The molecule has 38 heavy (non-hydrogen) atoms. The van der Waals surface area contributed by atoms with Crippen LogP contribution in [-0.2, 0) is 35.2 Å². The van der Waals surface area contributed by atoms with Crippen LogP contribution in [0.1, 0.15) is 44.1 Å². The number of aromatic hydroxyl groups is 1. The molecule has 14 heteroatoms. The molecule has 14 nitrogen and oxygen atoms in total. The summed E-state index contributed by atoms with van der Waals surface area (Å²) in [4.78, 5) is 74.2. The van der Waals surface area contributed by atoms with Crippen LogP contribution in [0.3, 0.4) is 0 Å². The van der Waals surface area contributed by atoms with Crippen LogP contribution in [-0.4, -0.2) is 81.3 Å². The average Bonchev–Trinajstić information content (AvgIpc) is 3.34. The minimum atomic E-state index is -1.45. The van der Waals surface area contributed by atoms with Crippen LogP contribution in [0.5, 0.6) is 5.75 Å². The molecule has 0 aliphatic carbocycles. The van der Waals surface area contributed by atoms with Gasteiger partial charge >= 0.3 is 5.97 Å². The molecule has 0 radical (unpaired) electrons. The number of hydrogen-bond donors (Lipinski definition) is 7. The Kier molecular flexibility index (Phi) is 11.0. The van der Waals surface area contributed by atoms with Crippen LogP contribution in [0.25, 0.3) is 0 Å². The Labute approximate surface area is 218 Å². The number of rotatable bonds is 14. The highest BCUT2D eigenvalue weighted by Gasteiger charge is 2.38. The molecule has 1 fully saturated rings. The number of likely N-dealkylation sites (tertiary alicyclic amines) is 1. The average molecular weight is 535 g/mol. The summed E-state index contributed by atoms with van der Waals surface area (Å²) in [7, 11) is 0. The second-order valence-electron chi connectivity index (χ2n) is 9.14. The van der Waals surface area contributed by atoms with E-state index in [0.717, 1.165) is 5.56 Å². The van der Waals surface area contributed by atoms with Gasteiger partial charge in [-0.15, -0.1) is 0 Å². The van der Waals surface area contributed by atoms with Gasteiger partial charge in [0.1, 0.15) is 23.9 Å². The number of carboxylic acids is 1. The van der Waals surface area contributed by atoms with Gasteiger partial charge in [-0.1, -0.05) is 12.1 Å². The van der Waals surface area contributed by atoms with Gasteiger partial charge in [-0.05, 0) is 49.8 Å². The van der Waals surface area contributed by atoms with E-state index in [9.17, 15) is 39.0 Å². The maximum atomic E-state index is 13.1. The molecule has 0 saturated carbocycles. The molecule has 2 rings (SSSR count). The Bertz CT molecular complexity index is 1050. The minimum Gasteiger partial charge on any atom is -0.508 e. The Morgan fingerprint density at radius 2 is 1.53 bits per heavy atom. The van der Waals surface area contributed by atoms with Crippen LogP contribution in [0.4, 0.5) is 0 Å². The molecule has 0 bridgehead atoms. The molecular weight excluding hydrogens is 500 g/mol. The molecule has 10 N–H and O–H groups in total. The van der Waals surface area contributed by atoms with Crippen LogP contribution in [0, 0.1) is 0 Å². The molecule has 4 atom stereocenters. The van der Waals surface area contributed by atoms with Crippen molar-refractivity contribution >= 4 is 35.5 Å². The molecular formula is C24H34N6O8. The summed E-state index contributed by atoms with van der Waals surface area (Å²) in [5, 5.41) is 23.5. The van der Waals surface area contributed by atoms with Crippen LogP contribution in [0.15, 0.2) is 24.3 Å². The lowest BCUT2D eigenvalue weighted by molar-refractivity contribution is -0.143. The van der Waals surface area contributed by atoms with Gasteiger partial charge in [-0.3, -0.25) is 24.0 Å². The number of nitrogens with two attached hydrogens (primary N) is 3. The molecule has 1 heterocycles. The Balaban J connectivity index is 2.09. The number of carbonyl (C=O) groups is 6. The van der Waals surface area contributed by atoms with E-state index < -0.39 is 59.7 Å². The van der Waals surface area contributed by atoms with E-state index in [-0.39, 0.29) is 44.4 Å². The van der Waals surface area contributed by atoms with Gasteiger partial charge in [0.05, 0.1) is 6.04 Å².